The lowest BCUT2D eigenvalue weighted by Crippen LogP contribution is -2.38. The molecule has 2 aliphatic rings. The Balaban J connectivity index is 1.57. The minimum atomic E-state index is -0.730. The van der Waals surface area contributed by atoms with E-state index in [-0.39, 0.29) is 12.1 Å². The Labute approximate surface area is 141 Å². The normalized spacial score (nSPS) is 20.5. The van der Waals surface area contributed by atoms with E-state index in [0.29, 0.717) is 0 Å². The first-order valence-corrected chi connectivity index (χ1v) is 8.47. The molecule has 130 valence electrons. The van der Waals surface area contributed by atoms with Crippen molar-refractivity contribution < 1.29 is 14.3 Å². The van der Waals surface area contributed by atoms with Crippen LogP contribution in [0.15, 0.2) is 11.2 Å². The summed E-state index contributed by atoms with van der Waals surface area (Å²) in [5.41, 5.74) is 5.40. The molecular formula is C17H24N4O3. The molecule has 2 amide bonds. The summed E-state index contributed by atoms with van der Waals surface area (Å²) in [6.07, 6.45) is 5.94. The van der Waals surface area contributed by atoms with Crippen molar-refractivity contribution in [3.63, 3.8) is 0 Å². The first-order chi connectivity index (χ1) is 11.5. The third kappa shape index (κ3) is 4.03. The van der Waals surface area contributed by atoms with Gasteiger partial charge in [-0.1, -0.05) is 0 Å². The number of ether oxygens (including phenoxy) is 1. The van der Waals surface area contributed by atoms with Crippen molar-refractivity contribution in [2.75, 3.05) is 6.61 Å². The Morgan fingerprint density at radius 1 is 1.33 bits per heavy atom. The number of aromatic nitrogens is 1. The van der Waals surface area contributed by atoms with Crippen molar-refractivity contribution in [3.8, 4) is 0 Å². The number of carbonyl (C=O) groups excluding carboxylic acids is 2. The van der Waals surface area contributed by atoms with Crippen LogP contribution in [-0.2, 0) is 20.9 Å². The number of hydrogen-bond donors (Lipinski definition) is 2. The fourth-order valence-corrected chi connectivity index (χ4v) is 2.92. The summed E-state index contributed by atoms with van der Waals surface area (Å²) in [6.45, 7) is 5.74. The van der Waals surface area contributed by atoms with Gasteiger partial charge in [-0.25, -0.2) is 5.43 Å². The molecule has 2 fully saturated rings. The summed E-state index contributed by atoms with van der Waals surface area (Å²) in [5.74, 6) is -1.36. The van der Waals surface area contributed by atoms with E-state index < -0.39 is 11.8 Å². The lowest BCUT2D eigenvalue weighted by Gasteiger charge is -2.14. The summed E-state index contributed by atoms with van der Waals surface area (Å²) < 4.78 is 7.90. The van der Waals surface area contributed by atoms with Crippen LogP contribution in [0, 0.1) is 13.8 Å². The maximum Gasteiger partial charge on any atom is 0.329 e. The largest absolute Gasteiger partial charge is 0.376 e. The van der Waals surface area contributed by atoms with Crippen molar-refractivity contribution in [2.45, 2.75) is 58.2 Å². The van der Waals surface area contributed by atoms with Crippen LogP contribution in [0.5, 0.6) is 0 Å². The van der Waals surface area contributed by atoms with Gasteiger partial charge in [-0.05, 0) is 45.6 Å². The van der Waals surface area contributed by atoms with E-state index >= 15 is 0 Å². The molecule has 2 N–H and O–H groups in total. The molecule has 1 aromatic heterocycles. The van der Waals surface area contributed by atoms with Crippen LogP contribution in [0.4, 0.5) is 0 Å². The van der Waals surface area contributed by atoms with E-state index in [1.54, 1.807) is 6.21 Å². The number of hydrogen-bond acceptors (Lipinski definition) is 4. The third-order valence-corrected chi connectivity index (χ3v) is 4.51. The zero-order valence-electron chi connectivity index (χ0n) is 14.2. The van der Waals surface area contributed by atoms with E-state index in [4.69, 9.17) is 4.74 Å². The molecule has 24 heavy (non-hydrogen) atoms. The van der Waals surface area contributed by atoms with Gasteiger partial charge in [0.2, 0.25) is 0 Å². The standard InChI is InChI=1S/C17H24N4O3/c1-11-8-13(12(2)21(11)10-15-4-3-7-24-15)9-18-20-17(23)16(22)19-14-5-6-14/h8-9,14-15H,3-7,10H2,1-2H3,(H,19,22)(H,20,23)/b18-9-/t15-/m1/s1. The van der Waals surface area contributed by atoms with E-state index in [2.05, 4.69) is 20.4 Å². The maximum atomic E-state index is 11.6. The topological polar surface area (TPSA) is 84.7 Å². The van der Waals surface area contributed by atoms with E-state index in [1.165, 1.54) is 0 Å². The van der Waals surface area contributed by atoms with Crippen LogP contribution in [0.25, 0.3) is 0 Å². The van der Waals surface area contributed by atoms with Gasteiger partial charge in [-0.3, -0.25) is 9.59 Å². The molecular weight excluding hydrogens is 308 g/mol. The zero-order valence-corrected chi connectivity index (χ0v) is 14.2. The first kappa shape index (κ1) is 16.7. The van der Waals surface area contributed by atoms with Crippen molar-refractivity contribution >= 4 is 18.0 Å². The SMILES string of the molecule is Cc1cc(/C=N\NC(=O)C(=O)NC2CC2)c(C)n1C[C@H]1CCCO1. The average Bonchev–Trinajstić information content (AvgIpc) is 3.14. The van der Waals surface area contributed by atoms with Gasteiger partial charge < -0.3 is 14.6 Å². The number of aryl methyl sites for hydroxylation is 1. The molecule has 2 heterocycles. The summed E-state index contributed by atoms with van der Waals surface area (Å²) >= 11 is 0. The molecule has 1 aliphatic carbocycles. The van der Waals surface area contributed by atoms with Gasteiger partial charge in [0.05, 0.1) is 12.3 Å². The van der Waals surface area contributed by atoms with Crippen molar-refractivity contribution in [3.05, 3.63) is 23.0 Å². The predicted molar refractivity (Wildman–Crippen MR) is 89.8 cm³/mol. The molecule has 0 unspecified atom stereocenters. The minimum Gasteiger partial charge on any atom is -0.376 e. The number of nitrogens with zero attached hydrogens (tertiary/aromatic N) is 2. The van der Waals surface area contributed by atoms with Crippen LogP contribution >= 0.6 is 0 Å². The zero-order chi connectivity index (χ0) is 17.1. The molecule has 1 atom stereocenters. The number of nitrogens with one attached hydrogen (secondary N) is 2. The summed E-state index contributed by atoms with van der Waals surface area (Å²) in [7, 11) is 0. The highest BCUT2D eigenvalue weighted by Crippen LogP contribution is 2.19. The van der Waals surface area contributed by atoms with Gasteiger partial charge in [0.1, 0.15) is 0 Å². The second-order valence-corrected chi connectivity index (χ2v) is 6.52. The van der Waals surface area contributed by atoms with Gasteiger partial charge >= 0.3 is 11.8 Å². The molecule has 1 aliphatic heterocycles. The lowest BCUT2D eigenvalue weighted by molar-refractivity contribution is -0.139. The number of amides is 2. The minimum absolute atomic E-state index is 0.156. The lowest BCUT2D eigenvalue weighted by atomic mass is 10.2. The molecule has 7 nitrogen and oxygen atoms in total. The van der Waals surface area contributed by atoms with Gasteiger partial charge in [0, 0.05) is 36.1 Å². The molecule has 0 bridgehead atoms. The smallest absolute Gasteiger partial charge is 0.329 e. The van der Waals surface area contributed by atoms with E-state index in [9.17, 15) is 9.59 Å². The van der Waals surface area contributed by atoms with Crippen molar-refractivity contribution in [1.29, 1.82) is 0 Å². The Bertz CT molecular complexity index is 655. The molecule has 0 radical (unpaired) electrons. The van der Waals surface area contributed by atoms with Gasteiger partial charge in [0.15, 0.2) is 0 Å². The second kappa shape index (κ2) is 7.17. The van der Waals surface area contributed by atoms with E-state index in [0.717, 1.165) is 55.8 Å². The van der Waals surface area contributed by atoms with Crippen LogP contribution in [0.1, 0.15) is 42.6 Å². The highest BCUT2D eigenvalue weighted by atomic mass is 16.5. The highest BCUT2D eigenvalue weighted by Gasteiger charge is 2.26. The predicted octanol–water partition coefficient (Wildman–Crippen LogP) is 1.01. The Hall–Kier alpha value is -2.15. The maximum absolute atomic E-state index is 11.6. The third-order valence-electron chi connectivity index (χ3n) is 4.51. The number of hydrazone groups is 1. The molecule has 3 rings (SSSR count). The fourth-order valence-electron chi connectivity index (χ4n) is 2.92. The molecule has 1 saturated heterocycles. The monoisotopic (exact) mass is 332 g/mol. The van der Waals surface area contributed by atoms with Gasteiger partial charge in [-0.2, -0.15) is 5.10 Å². The van der Waals surface area contributed by atoms with Gasteiger partial charge in [0.25, 0.3) is 0 Å². The van der Waals surface area contributed by atoms with Crippen LogP contribution < -0.4 is 10.7 Å². The van der Waals surface area contributed by atoms with Crippen LogP contribution in [-0.4, -0.2) is 41.3 Å². The second-order valence-electron chi connectivity index (χ2n) is 6.52. The number of carbonyl (C=O) groups is 2. The highest BCUT2D eigenvalue weighted by molar-refractivity contribution is 6.35. The Morgan fingerprint density at radius 2 is 2.12 bits per heavy atom. The molecule has 1 aromatic rings. The summed E-state index contributed by atoms with van der Waals surface area (Å²) in [6, 6.07) is 2.17. The quantitative estimate of drug-likeness (QED) is 0.479. The molecule has 1 saturated carbocycles. The molecule has 0 spiro atoms. The van der Waals surface area contributed by atoms with E-state index in [1.807, 2.05) is 19.9 Å². The van der Waals surface area contributed by atoms with Crippen LogP contribution in [0.2, 0.25) is 0 Å². The van der Waals surface area contributed by atoms with Gasteiger partial charge in [-0.15, -0.1) is 0 Å². The first-order valence-electron chi connectivity index (χ1n) is 8.47. The summed E-state index contributed by atoms with van der Waals surface area (Å²) in [5, 5.41) is 6.53. The fraction of sp³-hybridized carbons (Fsp3) is 0.588. The molecule has 7 heteroatoms. The summed E-state index contributed by atoms with van der Waals surface area (Å²) in [4.78, 5) is 23.2. The number of rotatable bonds is 5. The molecule has 0 aromatic carbocycles. The van der Waals surface area contributed by atoms with Crippen molar-refractivity contribution in [2.24, 2.45) is 5.10 Å². The van der Waals surface area contributed by atoms with Crippen LogP contribution in [0.3, 0.4) is 0 Å². The van der Waals surface area contributed by atoms with Crippen molar-refractivity contribution in [1.82, 2.24) is 15.3 Å². The average molecular weight is 332 g/mol. The Kier molecular flexibility index (Phi) is 4.99. The Morgan fingerprint density at radius 3 is 2.79 bits per heavy atom.